The lowest BCUT2D eigenvalue weighted by Crippen LogP contribution is -2.17. The van der Waals surface area contributed by atoms with Crippen molar-refractivity contribution in [2.45, 2.75) is 40.2 Å². The molecule has 2 rings (SSSR count). The molecule has 1 aromatic heterocycles. The molecule has 3 nitrogen and oxygen atoms in total. The molecular formula is C17H24N2OS. The van der Waals surface area contributed by atoms with Crippen LogP contribution in [0.25, 0.3) is 10.6 Å². The highest BCUT2D eigenvalue weighted by Gasteiger charge is 2.14. The normalized spacial score (nSPS) is 12.4. The number of ether oxygens (including phenoxy) is 1. The first-order valence-electron chi connectivity index (χ1n) is 7.59. The number of nitrogens with one attached hydrogen (secondary N) is 1. The zero-order valence-corrected chi connectivity index (χ0v) is 14.1. The lowest BCUT2D eigenvalue weighted by Gasteiger charge is -2.10. The predicted molar refractivity (Wildman–Crippen MR) is 90.2 cm³/mol. The standard InChI is InChI=1S/C17H24N2OS/c1-5-10-20-15-9-7-8-14(11-15)17-19-13(4)16(21-17)12(3)18-6-2/h7-9,11-12,18H,5-6,10H2,1-4H3. The van der Waals surface area contributed by atoms with Crippen LogP contribution in [0.2, 0.25) is 0 Å². The van der Waals surface area contributed by atoms with Crippen molar-refractivity contribution in [1.29, 1.82) is 0 Å². The summed E-state index contributed by atoms with van der Waals surface area (Å²) in [6.07, 6.45) is 1.02. The van der Waals surface area contributed by atoms with Gasteiger partial charge in [-0.2, -0.15) is 0 Å². The third-order valence-corrected chi connectivity index (χ3v) is 4.68. The van der Waals surface area contributed by atoms with Gasteiger partial charge < -0.3 is 10.1 Å². The topological polar surface area (TPSA) is 34.1 Å². The van der Waals surface area contributed by atoms with E-state index in [0.717, 1.165) is 41.6 Å². The molecule has 0 aliphatic carbocycles. The molecule has 1 unspecified atom stereocenters. The van der Waals surface area contributed by atoms with E-state index in [4.69, 9.17) is 9.72 Å². The molecule has 0 amide bonds. The van der Waals surface area contributed by atoms with Gasteiger partial charge in [-0.1, -0.05) is 26.0 Å². The summed E-state index contributed by atoms with van der Waals surface area (Å²) in [7, 11) is 0. The highest BCUT2D eigenvalue weighted by atomic mass is 32.1. The van der Waals surface area contributed by atoms with Crippen molar-refractivity contribution in [3.63, 3.8) is 0 Å². The van der Waals surface area contributed by atoms with Gasteiger partial charge in [0.25, 0.3) is 0 Å². The highest BCUT2D eigenvalue weighted by Crippen LogP contribution is 2.33. The van der Waals surface area contributed by atoms with Gasteiger partial charge in [0.1, 0.15) is 10.8 Å². The molecule has 0 bridgehead atoms. The Balaban J connectivity index is 2.24. The lowest BCUT2D eigenvalue weighted by atomic mass is 10.2. The number of benzene rings is 1. The second-order valence-corrected chi connectivity index (χ2v) is 6.15. The van der Waals surface area contributed by atoms with Gasteiger partial charge in [0.05, 0.1) is 12.3 Å². The van der Waals surface area contributed by atoms with Gasteiger partial charge in [-0.3, -0.25) is 0 Å². The summed E-state index contributed by atoms with van der Waals surface area (Å²) in [5.41, 5.74) is 2.25. The third-order valence-electron chi connectivity index (χ3n) is 3.29. The summed E-state index contributed by atoms with van der Waals surface area (Å²) in [4.78, 5) is 6.04. The molecular weight excluding hydrogens is 280 g/mol. The minimum absolute atomic E-state index is 0.348. The zero-order chi connectivity index (χ0) is 15.2. The molecule has 21 heavy (non-hydrogen) atoms. The SMILES string of the molecule is CCCOc1cccc(-c2nc(C)c(C(C)NCC)s2)c1. The molecule has 0 spiro atoms. The Labute approximate surface area is 131 Å². The molecule has 0 fully saturated rings. The van der Waals surface area contributed by atoms with Crippen molar-refractivity contribution in [1.82, 2.24) is 10.3 Å². The van der Waals surface area contributed by atoms with Crippen LogP contribution in [0.5, 0.6) is 5.75 Å². The number of aromatic nitrogens is 1. The van der Waals surface area contributed by atoms with Crippen molar-refractivity contribution in [2.75, 3.05) is 13.2 Å². The zero-order valence-electron chi connectivity index (χ0n) is 13.3. The predicted octanol–water partition coefficient (Wildman–Crippen LogP) is 4.58. The van der Waals surface area contributed by atoms with E-state index in [1.54, 1.807) is 11.3 Å². The van der Waals surface area contributed by atoms with Gasteiger partial charge in [-0.25, -0.2) is 4.98 Å². The van der Waals surface area contributed by atoms with Crippen molar-refractivity contribution in [3.8, 4) is 16.3 Å². The number of hydrogen-bond acceptors (Lipinski definition) is 4. The van der Waals surface area contributed by atoms with Crippen molar-refractivity contribution in [3.05, 3.63) is 34.8 Å². The minimum Gasteiger partial charge on any atom is -0.494 e. The molecule has 2 aromatic rings. The van der Waals surface area contributed by atoms with E-state index in [1.807, 2.05) is 12.1 Å². The largest absolute Gasteiger partial charge is 0.494 e. The first kappa shape index (κ1) is 16.0. The maximum Gasteiger partial charge on any atom is 0.124 e. The molecule has 0 aliphatic rings. The van der Waals surface area contributed by atoms with Crippen LogP contribution in [0.4, 0.5) is 0 Å². The Bertz CT molecular complexity index is 580. The minimum atomic E-state index is 0.348. The van der Waals surface area contributed by atoms with Crippen LogP contribution in [-0.4, -0.2) is 18.1 Å². The van der Waals surface area contributed by atoms with Crippen molar-refractivity contribution in [2.24, 2.45) is 0 Å². The van der Waals surface area contributed by atoms with Crippen LogP contribution in [0, 0.1) is 6.92 Å². The highest BCUT2D eigenvalue weighted by molar-refractivity contribution is 7.15. The summed E-state index contributed by atoms with van der Waals surface area (Å²) in [5.74, 6) is 0.920. The average molecular weight is 304 g/mol. The van der Waals surface area contributed by atoms with Crippen LogP contribution in [-0.2, 0) is 0 Å². The molecule has 0 aliphatic heterocycles. The Morgan fingerprint density at radius 3 is 2.86 bits per heavy atom. The second kappa shape index (κ2) is 7.57. The quantitative estimate of drug-likeness (QED) is 0.813. The fraction of sp³-hybridized carbons (Fsp3) is 0.471. The number of thiazole rings is 1. The smallest absolute Gasteiger partial charge is 0.124 e. The molecule has 0 saturated carbocycles. The van der Waals surface area contributed by atoms with Gasteiger partial charge in [0.2, 0.25) is 0 Å². The second-order valence-electron chi connectivity index (χ2n) is 5.12. The summed E-state index contributed by atoms with van der Waals surface area (Å²) >= 11 is 1.76. The first-order valence-corrected chi connectivity index (χ1v) is 8.41. The summed E-state index contributed by atoms with van der Waals surface area (Å²) in [6, 6.07) is 8.56. The number of nitrogens with zero attached hydrogens (tertiary/aromatic N) is 1. The molecule has 4 heteroatoms. The van der Waals surface area contributed by atoms with Gasteiger partial charge in [-0.05, 0) is 38.9 Å². The van der Waals surface area contributed by atoms with E-state index in [1.165, 1.54) is 4.88 Å². The summed E-state index contributed by atoms with van der Waals surface area (Å²) in [5, 5.41) is 4.52. The molecule has 114 valence electrons. The van der Waals surface area contributed by atoms with Crippen LogP contribution in [0.15, 0.2) is 24.3 Å². The van der Waals surface area contributed by atoms with E-state index in [-0.39, 0.29) is 0 Å². The van der Waals surface area contributed by atoms with Crippen LogP contribution in [0.1, 0.15) is 43.8 Å². The molecule has 1 N–H and O–H groups in total. The lowest BCUT2D eigenvalue weighted by molar-refractivity contribution is 0.317. The maximum absolute atomic E-state index is 5.70. The maximum atomic E-state index is 5.70. The molecule has 1 heterocycles. The fourth-order valence-electron chi connectivity index (χ4n) is 2.27. The third kappa shape index (κ3) is 4.05. The van der Waals surface area contributed by atoms with Crippen LogP contribution < -0.4 is 10.1 Å². The van der Waals surface area contributed by atoms with Gasteiger partial charge in [0.15, 0.2) is 0 Å². The van der Waals surface area contributed by atoms with Gasteiger partial charge in [0, 0.05) is 16.5 Å². The number of rotatable bonds is 7. The van der Waals surface area contributed by atoms with Crippen LogP contribution in [0.3, 0.4) is 0 Å². The van der Waals surface area contributed by atoms with E-state index in [2.05, 4.69) is 45.1 Å². The van der Waals surface area contributed by atoms with Crippen molar-refractivity contribution < 1.29 is 4.74 Å². The van der Waals surface area contributed by atoms with Crippen molar-refractivity contribution >= 4 is 11.3 Å². The van der Waals surface area contributed by atoms with E-state index >= 15 is 0 Å². The Kier molecular flexibility index (Phi) is 5.76. The van der Waals surface area contributed by atoms with Crippen LogP contribution >= 0.6 is 11.3 Å². The fourth-order valence-corrected chi connectivity index (χ4v) is 3.36. The van der Waals surface area contributed by atoms with E-state index < -0.39 is 0 Å². The molecule has 1 aromatic carbocycles. The molecule has 0 saturated heterocycles. The van der Waals surface area contributed by atoms with E-state index in [9.17, 15) is 0 Å². The first-order chi connectivity index (χ1) is 10.2. The summed E-state index contributed by atoms with van der Waals surface area (Å²) < 4.78 is 5.70. The average Bonchev–Trinajstić information content (AvgIpc) is 2.88. The monoisotopic (exact) mass is 304 g/mol. The number of aryl methyl sites for hydroxylation is 1. The number of hydrogen-bond donors (Lipinski definition) is 1. The Morgan fingerprint density at radius 1 is 1.33 bits per heavy atom. The summed E-state index contributed by atoms with van der Waals surface area (Å²) in [6.45, 7) is 10.2. The Morgan fingerprint density at radius 2 is 2.14 bits per heavy atom. The van der Waals surface area contributed by atoms with Gasteiger partial charge in [-0.15, -0.1) is 11.3 Å². The molecule has 1 atom stereocenters. The Hall–Kier alpha value is -1.39. The molecule has 0 radical (unpaired) electrons. The van der Waals surface area contributed by atoms with E-state index in [0.29, 0.717) is 6.04 Å². The van der Waals surface area contributed by atoms with Gasteiger partial charge >= 0.3 is 0 Å².